The van der Waals surface area contributed by atoms with Crippen molar-refractivity contribution in [3.05, 3.63) is 51.0 Å². The van der Waals surface area contributed by atoms with E-state index < -0.39 is 11.5 Å². The van der Waals surface area contributed by atoms with Crippen LogP contribution in [0.3, 0.4) is 0 Å². The third-order valence-corrected chi connectivity index (χ3v) is 3.79. The Morgan fingerprint density at radius 2 is 1.96 bits per heavy atom. The number of hydrogen-bond donors (Lipinski definition) is 2. The van der Waals surface area contributed by atoms with Crippen LogP contribution in [0.4, 0.5) is 0 Å². The number of nitrogens with zero attached hydrogens (tertiary/aromatic N) is 1. The van der Waals surface area contributed by atoms with E-state index in [0.717, 1.165) is 5.56 Å². The number of fused-ring (bicyclic) bond motifs is 1. The summed E-state index contributed by atoms with van der Waals surface area (Å²) in [5.41, 5.74) is 1.13. The predicted octanol–water partition coefficient (Wildman–Crippen LogP) is 2.83. The summed E-state index contributed by atoms with van der Waals surface area (Å²) in [6, 6.07) is 8.72. The fourth-order valence-corrected chi connectivity index (χ4v) is 2.64. The highest BCUT2D eigenvalue weighted by Crippen LogP contribution is 2.24. The highest BCUT2D eigenvalue weighted by atomic mass is 32.1. The zero-order valence-corrected chi connectivity index (χ0v) is 14.4. The molecule has 0 saturated carbocycles. The van der Waals surface area contributed by atoms with Gasteiger partial charge in [0, 0.05) is 5.56 Å². The van der Waals surface area contributed by atoms with Crippen LogP contribution in [0.15, 0.2) is 35.1 Å². The van der Waals surface area contributed by atoms with Crippen LogP contribution in [0.25, 0.3) is 22.3 Å². The van der Waals surface area contributed by atoms with Crippen LogP contribution in [0.1, 0.15) is 17.3 Å². The normalized spacial score (nSPS) is 10.6. The van der Waals surface area contributed by atoms with Gasteiger partial charge < -0.3 is 14.5 Å². The number of methoxy groups -OCH3 is 1. The third-order valence-electron chi connectivity index (χ3n) is 3.59. The molecule has 0 aliphatic rings. The van der Waals surface area contributed by atoms with Crippen LogP contribution in [0, 0.1) is 4.77 Å². The largest absolute Gasteiger partial charge is 0.497 e. The molecule has 7 nitrogen and oxygen atoms in total. The molecule has 0 spiro atoms. The first-order valence-electron chi connectivity index (χ1n) is 7.52. The number of hydrogen-bond acceptors (Lipinski definition) is 6. The summed E-state index contributed by atoms with van der Waals surface area (Å²) in [5, 5.41) is 0.115. The fourth-order valence-electron chi connectivity index (χ4n) is 2.45. The average molecular weight is 357 g/mol. The van der Waals surface area contributed by atoms with Gasteiger partial charge >= 0.3 is 5.97 Å². The van der Waals surface area contributed by atoms with Crippen molar-refractivity contribution in [1.82, 2.24) is 15.0 Å². The van der Waals surface area contributed by atoms with Gasteiger partial charge in [-0.05, 0) is 49.5 Å². The summed E-state index contributed by atoms with van der Waals surface area (Å²) in [4.78, 5) is 34.3. The van der Waals surface area contributed by atoms with Crippen molar-refractivity contribution in [2.75, 3.05) is 13.7 Å². The van der Waals surface area contributed by atoms with Gasteiger partial charge in [0.25, 0.3) is 5.56 Å². The number of benzene rings is 1. The topological polar surface area (TPSA) is 97.1 Å². The minimum absolute atomic E-state index is 0.115. The molecule has 0 saturated heterocycles. The van der Waals surface area contributed by atoms with Gasteiger partial charge in [-0.25, -0.2) is 9.78 Å². The van der Waals surface area contributed by atoms with E-state index in [1.807, 2.05) is 12.1 Å². The first-order valence-corrected chi connectivity index (χ1v) is 7.93. The van der Waals surface area contributed by atoms with Gasteiger partial charge in [0.05, 0.1) is 30.4 Å². The van der Waals surface area contributed by atoms with E-state index >= 15 is 0 Å². The summed E-state index contributed by atoms with van der Waals surface area (Å²) < 4.78 is 10.3. The third kappa shape index (κ3) is 3.29. The molecule has 0 atom stereocenters. The second-order valence-electron chi connectivity index (χ2n) is 5.14. The van der Waals surface area contributed by atoms with Gasteiger partial charge in [0.15, 0.2) is 4.77 Å². The Hall–Kier alpha value is -3.00. The highest BCUT2D eigenvalue weighted by Gasteiger charge is 2.18. The maximum absolute atomic E-state index is 12.3. The Labute approximate surface area is 147 Å². The second-order valence-corrected chi connectivity index (χ2v) is 5.54. The lowest BCUT2D eigenvalue weighted by atomic mass is 10.1. The molecule has 0 amide bonds. The van der Waals surface area contributed by atoms with Crippen LogP contribution in [-0.4, -0.2) is 34.6 Å². The number of rotatable bonds is 4. The molecular weight excluding hydrogens is 342 g/mol. The lowest BCUT2D eigenvalue weighted by Crippen LogP contribution is -2.16. The number of ether oxygens (including phenoxy) is 2. The smallest absolute Gasteiger partial charge is 0.339 e. The molecule has 3 aromatic rings. The van der Waals surface area contributed by atoms with Gasteiger partial charge in [-0.15, -0.1) is 0 Å². The minimum Gasteiger partial charge on any atom is -0.497 e. The molecule has 0 fully saturated rings. The van der Waals surface area contributed by atoms with E-state index in [0.29, 0.717) is 11.4 Å². The Morgan fingerprint density at radius 1 is 1.24 bits per heavy atom. The summed E-state index contributed by atoms with van der Waals surface area (Å²) in [5.74, 6) is 0.103. The molecule has 1 aromatic carbocycles. The number of pyridine rings is 1. The van der Waals surface area contributed by atoms with Crippen LogP contribution in [0.2, 0.25) is 0 Å². The lowest BCUT2D eigenvalue weighted by Gasteiger charge is -2.09. The van der Waals surface area contributed by atoms with Gasteiger partial charge in [0.1, 0.15) is 11.4 Å². The van der Waals surface area contributed by atoms with E-state index in [2.05, 4.69) is 15.0 Å². The summed E-state index contributed by atoms with van der Waals surface area (Å²) >= 11 is 5.00. The predicted molar refractivity (Wildman–Crippen MR) is 95.5 cm³/mol. The Balaban J connectivity index is 2.28. The Morgan fingerprint density at radius 3 is 2.60 bits per heavy atom. The Bertz CT molecular complexity index is 1050. The van der Waals surface area contributed by atoms with Gasteiger partial charge in [-0.3, -0.25) is 9.78 Å². The van der Waals surface area contributed by atoms with E-state index in [-0.39, 0.29) is 28.0 Å². The van der Waals surface area contributed by atoms with E-state index in [1.54, 1.807) is 26.2 Å². The molecule has 3 rings (SSSR count). The van der Waals surface area contributed by atoms with Crippen molar-refractivity contribution >= 4 is 29.2 Å². The van der Waals surface area contributed by atoms with Crippen molar-refractivity contribution in [2.45, 2.75) is 6.92 Å². The van der Waals surface area contributed by atoms with Crippen molar-refractivity contribution < 1.29 is 14.3 Å². The number of esters is 1. The van der Waals surface area contributed by atoms with Gasteiger partial charge in [0.2, 0.25) is 0 Å². The molecule has 8 heteroatoms. The highest BCUT2D eigenvalue weighted by molar-refractivity contribution is 7.71. The van der Waals surface area contributed by atoms with Crippen molar-refractivity contribution in [1.29, 1.82) is 0 Å². The zero-order chi connectivity index (χ0) is 18.0. The van der Waals surface area contributed by atoms with Crippen LogP contribution in [-0.2, 0) is 4.74 Å². The van der Waals surface area contributed by atoms with Crippen LogP contribution in [0.5, 0.6) is 5.75 Å². The zero-order valence-electron chi connectivity index (χ0n) is 13.6. The number of H-pyrrole nitrogens is 2. The standard InChI is InChI=1S/C17H15N3O4S/c1-3-24-16(22)11-8-12(9-4-6-10(23-2)7-5-9)18-14-13(11)15(21)20-17(25)19-14/h4-8H,3H2,1-2H3,(H2,18,19,20,21,25). The quantitative estimate of drug-likeness (QED) is 0.550. The van der Waals surface area contributed by atoms with Crippen LogP contribution >= 0.6 is 12.2 Å². The molecule has 2 N–H and O–H groups in total. The molecule has 2 heterocycles. The molecule has 0 unspecified atom stereocenters. The molecule has 25 heavy (non-hydrogen) atoms. The molecular formula is C17H15N3O4S. The number of aromatic amines is 2. The molecule has 0 aliphatic heterocycles. The second kappa shape index (κ2) is 6.86. The monoisotopic (exact) mass is 357 g/mol. The number of carbonyl (C=O) groups is 1. The molecule has 0 aliphatic carbocycles. The van der Waals surface area contributed by atoms with Gasteiger partial charge in [-0.1, -0.05) is 0 Å². The Kier molecular flexibility index (Phi) is 4.62. The molecule has 128 valence electrons. The first-order chi connectivity index (χ1) is 12.0. The van der Waals surface area contributed by atoms with Crippen molar-refractivity contribution in [3.8, 4) is 17.0 Å². The fraction of sp³-hybridized carbons (Fsp3) is 0.176. The number of nitrogens with one attached hydrogen (secondary N) is 2. The SMILES string of the molecule is CCOC(=O)c1cc(-c2ccc(OC)cc2)nc2[nH]c(=S)[nH]c(=O)c12. The summed E-state index contributed by atoms with van der Waals surface area (Å²) in [6.45, 7) is 1.89. The van der Waals surface area contributed by atoms with E-state index in [9.17, 15) is 9.59 Å². The summed E-state index contributed by atoms with van der Waals surface area (Å²) in [6.07, 6.45) is 0. The van der Waals surface area contributed by atoms with Crippen molar-refractivity contribution in [3.63, 3.8) is 0 Å². The summed E-state index contributed by atoms with van der Waals surface area (Å²) in [7, 11) is 1.58. The average Bonchev–Trinajstić information content (AvgIpc) is 2.60. The number of carbonyl (C=O) groups excluding carboxylic acids is 1. The number of aromatic nitrogens is 3. The maximum atomic E-state index is 12.3. The van der Waals surface area contributed by atoms with E-state index in [1.165, 1.54) is 6.07 Å². The first kappa shape index (κ1) is 16.8. The lowest BCUT2D eigenvalue weighted by molar-refractivity contribution is 0.0528. The van der Waals surface area contributed by atoms with Crippen LogP contribution < -0.4 is 10.3 Å². The van der Waals surface area contributed by atoms with Gasteiger partial charge in [-0.2, -0.15) is 0 Å². The molecule has 0 radical (unpaired) electrons. The molecule has 2 aromatic heterocycles. The maximum Gasteiger partial charge on any atom is 0.339 e. The minimum atomic E-state index is -0.597. The van der Waals surface area contributed by atoms with E-state index in [4.69, 9.17) is 21.7 Å². The molecule has 0 bridgehead atoms. The van der Waals surface area contributed by atoms with Crippen molar-refractivity contribution in [2.24, 2.45) is 0 Å².